The van der Waals surface area contributed by atoms with Crippen LogP contribution in [0.4, 0.5) is 24.7 Å². The largest absolute Gasteiger partial charge is 0.416 e. The Morgan fingerprint density at radius 1 is 1.00 bits per heavy atom. The molecule has 0 saturated heterocycles. The maximum absolute atomic E-state index is 13.7. The molecule has 4 aromatic rings. The van der Waals surface area contributed by atoms with Crippen LogP contribution in [0.5, 0.6) is 0 Å². The minimum atomic E-state index is -4.54. The van der Waals surface area contributed by atoms with Crippen LogP contribution in [0.25, 0.3) is 5.82 Å². The van der Waals surface area contributed by atoms with E-state index in [2.05, 4.69) is 20.4 Å². The van der Waals surface area contributed by atoms with Gasteiger partial charge in [-0.05, 0) is 79.5 Å². The van der Waals surface area contributed by atoms with Gasteiger partial charge in [-0.2, -0.15) is 23.0 Å². The first-order chi connectivity index (χ1) is 19.3. The lowest BCUT2D eigenvalue weighted by Crippen LogP contribution is -2.12. The van der Waals surface area contributed by atoms with E-state index in [0.29, 0.717) is 28.7 Å². The minimum Gasteiger partial charge on any atom is -0.340 e. The van der Waals surface area contributed by atoms with E-state index < -0.39 is 11.7 Å². The summed E-state index contributed by atoms with van der Waals surface area (Å²) < 4.78 is 42.9. The van der Waals surface area contributed by atoms with Crippen LogP contribution in [-0.2, 0) is 19.0 Å². The molecule has 0 spiro atoms. The van der Waals surface area contributed by atoms with Gasteiger partial charge in [-0.25, -0.2) is 9.97 Å². The number of aryl methyl sites for hydroxylation is 3. The molecule has 41 heavy (non-hydrogen) atoms. The summed E-state index contributed by atoms with van der Waals surface area (Å²) in [7, 11) is 0. The lowest BCUT2D eigenvalue weighted by atomic mass is 9.88. The molecule has 216 valence electrons. The highest BCUT2D eigenvalue weighted by molar-refractivity contribution is 5.98. The maximum atomic E-state index is 13.7. The average molecular weight is 564 g/mol. The fourth-order valence-corrected chi connectivity index (χ4v) is 4.90. The lowest BCUT2D eigenvalue weighted by molar-refractivity contribution is -0.137. The average Bonchev–Trinajstić information content (AvgIpc) is 3.29. The highest BCUT2D eigenvalue weighted by atomic mass is 19.4. The molecule has 0 aliphatic carbocycles. The van der Waals surface area contributed by atoms with Gasteiger partial charge in [-0.15, -0.1) is 0 Å². The zero-order chi connectivity index (χ0) is 29.9. The van der Waals surface area contributed by atoms with Crippen molar-refractivity contribution < 1.29 is 18.0 Å². The summed E-state index contributed by atoms with van der Waals surface area (Å²) in [6, 6.07) is 13.1. The van der Waals surface area contributed by atoms with E-state index in [0.717, 1.165) is 41.5 Å². The summed E-state index contributed by atoms with van der Waals surface area (Å²) in [5.74, 6) is 1.17. The first kappa shape index (κ1) is 30.0. The number of carbonyl (C=O) groups excluding carboxylic acids is 1. The van der Waals surface area contributed by atoms with Gasteiger partial charge in [0.15, 0.2) is 11.6 Å². The Kier molecular flexibility index (Phi) is 8.95. The third-order valence-corrected chi connectivity index (χ3v) is 7.05. The number of hydrogen-bond donors (Lipinski definition) is 1. The SMILES string of the molecule is CCc1cc(-n2nc(C)cc2Nc2cc(CC(=O)c3cc([C@H](C)CC(C)C)cc(C(F)(F)F)c3)ccc2C)ncn1. The Labute approximate surface area is 239 Å². The minimum absolute atomic E-state index is 0.0294. The second-order valence-corrected chi connectivity index (χ2v) is 11.1. The van der Waals surface area contributed by atoms with Crippen molar-refractivity contribution in [2.45, 2.75) is 72.9 Å². The number of Topliss-reactive ketones (excluding diaryl/α,β-unsaturated/α-hetero) is 1. The van der Waals surface area contributed by atoms with Crippen LogP contribution in [0.2, 0.25) is 0 Å². The van der Waals surface area contributed by atoms with Gasteiger partial charge in [-0.1, -0.05) is 39.8 Å². The Morgan fingerprint density at radius 2 is 1.76 bits per heavy atom. The van der Waals surface area contributed by atoms with Gasteiger partial charge >= 0.3 is 6.18 Å². The summed E-state index contributed by atoms with van der Waals surface area (Å²) >= 11 is 0. The summed E-state index contributed by atoms with van der Waals surface area (Å²) in [4.78, 5) is 22.0. The topological polar surface area (TPSA) is 72.7 Å². The number of nitrogens with one attached hydrogen (secondary N) is 1. The van der Waals surface area contributed by atoms with E-state index in [-0.39, 0.29) is 23.7 Å². The van der Waals surface area contributed by atoms with Gasteiger partial charge in [-0.3, -0.25) is 4.79 Å². The number of benzene rings is 2. The molecule has 0 bridgehead atoms. The molecule has 2 aromatic heterocycles. The van der Waals surface area contributed by atoms with Crippen LogP contribution < -0.4 is 5.32 Å². The molecular formula is C32H36F3N5O. The quantitative estimate of drug-likeness (QED) is 0.197. The Hall–Kier alpha value is -4.01. The molecule has 0 fully saturated rings. The van der Waals surface area contributed by atoms with E-state index >= 15 is 0 Å². The fraction of sp³-hybridized carbons (Fsp3) is 0.375. The third kappa shape index (κ3) is 7.39. The molecule has 0 aliphatic rings. The van der Waals surface area contributed by atoms with Crippen LogP contribution in [0.15, 0.2) is 54.9 Å². The van der Waals surface area contributed by atoms with Gasteiger partial charge in [0.1, 0.15) is 12.1 Å². The number of aromatic nitrogens is 4. The van der Waals surface area contributed by atoms with Crippen LogP contribution in [0, 0.1) is 19.8 Å². The highest BCUT2D eigenvalue weighted by Gasteiger charge is 2.32. The molecule has 0 unspecified atom stereocenters. The number of hydrogen-bond acceptors (Lipinski definition) is 5. The van der Waals surface area contributed by atoms with Crippen LogP contribution in [-0.4, -0.2) is 25.5 Å². The molecule has 0 aliphatic heterocycles. The van der Waals surface area contributed by atoms with Crippen molar-refractivity contribution in [2.75, 3.05) is 5.32 Å². The molecule has 1 atom stereocenters. The number of ketones is 1. The monoisotopic (exact) mass is 563 g/mol. The summed E-state index contributed by atoms with van der Waals surface area (Å²) in [6.45, 7) is 11.8. The molecule has 2 aromatic carbocycles. The number of halogens is 3. The molecule has 6 nitrogen and oxygen atoms in total. The predicted octanol–water partition coefficient (Wildman–Crippen LogP) is 8.18. The molecule has 2 heterocycles. The molecule has 0 radical (unpaired) electrons. The van der Waals surface area contributed by atoms with Crippen molar-refractivity contribution >= 4 is 17.3 Å². The summed E-state index contributed by atoms with van der Waals surface area (Å²) in [5, 5.41) is 7.98. The van der Waals surface area contributed by atoms with Crippen LogP contribution >= 0.6 is 0 Å². The van der Waals surface area contributed by atoms with Crippen molar-refractivity contribution in [3.8, 4) is 5.82 Å². The van der Waals surface area contributed by atoms with Crippen molar-refractivity contribution in [1.82, 2.24) is 19.7 Å². The molecule has 0 amide bonds. The Bertz CT molecular complexity index is 1540. The van der Waals surface area contributed by atoms with Crippen molar-refractivity contribution in [3.63, 3.8) is 0 Å². The number of nitrogens with zero attached hydrogens (tertiary/aromatic N) is 4. The third-order valence-electron chi connectivity index (χ3n) is 7.05. The van der Waals surface area contributed by atoms with E-state index in [1.165, 1.54) is 12.4 Å². The van der Waals surface area contributed by atoms with Gasteiger partial charge in [0.25, 0.3) is 0 Å². The zero-order valence-corrected chi connectivity index (χ0v) is 24.3. The lowest BCUT2D eigenvalue weighted by Gasteiger charge is -2.18. The first-order valence-corrected chi connectivity index (χ1v) is 13.8. The van der Waals surface area contributed by atoms with Gasteiger partial charge in [0.2, 0.25) is 0 Å². The summed E-state index contributed by atoms with van der Waals surface area (Å²) in [5.41, 5.74) is 3.88. The molecule has 9 heteroatoms. The van der Waals surface area contributed by atoms with Crippen molar-refractivity contribution in [3.05, 3.63) is 94.1 Å². The molecular weight excluding hydrogens is 527 g/mol. The molecule has 4 rings (SSSR count). The van der Waals surface area contributed by atoms with Gasteiger partial charge in [0.05, 0.1) is 11.3 Å². The standard InChI is InChI=1S/C32H36F3N5O/c1-7-27-17-30(37-18-36-27)40-31(11-22(6)39-40)38-28-12-23(9-8-20(28)4)13-29(41)25-14-24(21(5)10-19(2)3)15-26(16-25)32(33,34)35/h8-9,11-12,14-19,21,38H,7,10,13H2,1-6H3/t21-/m1/s1. The van der Waals surface area contributed by atoms with Crippen molar-refractivity contribution in [1.29, 1.82) is 0 Å². The predicted molar refractivity (Wildman–Crippen MR) is 155 cm³/mol. The first-order valence-electron chi connectivity index (χ1n) is 13.8. The molecule has 1 N–H and O–H groups in total. The summed E-state index contributed by atoms with van der Waals surface area (Å²) in [6.07, 6.45) is -1.57. The van der Waals surface area contributed by atoms with Gasteiger partial charge in [0, 0.05) is 35.5 Å². The van der Waals surface area contributed by atoms with E-state index in [1.807, 2.05) is 71.9 Å². The van der Waals surface area contributed by atoms with Crippen LogP contribution in [0.1, 0.15) is 84.0 Å². The number of carbonyl (C=O) groups is 1. The smallest absolute Gasteiger partial charge is 0.340 e. The van der Waals surface area contributed by atoms with Gasteiger partial charge < -0.3 is 5.32 Å². The number of alkyl halides is 3. The maximum Gasteiger partial charge on any atom is 0.416 e. The Morgan fingerprint density at radius 3 is 2.44 bits per heavy atom. The second kappa shape index (κ2) is 12.2. The van der Waals surface area contributed by atoms with E-state index in [1.54, 1.807) is 10.7 Å². The van der Waals surface area contributed by atoms with Crippen molar-refractivity contribution in [2.24, 2.45) is 5.92 Å². The normalized spacial score (nSPS) is 12.5. The number of rotatable bonds is 10. The zero-order valence-electron chi connectivity index (χ0n) is 24.3. The van der Waals surface area contributed by atoms with Crippen LogP contribution in [0.3, 0.4) is 0 Å². The number of anilines is 2. The second-order valence-electron chi connectivity index (χ2n) is 11.1. The highest BCUT2D eigenvalue weighted by Crippen LogP contribution is 2.34. The van der Waals surface area contributed by atoms with E-state index in [4.69, 9.17) is 0 Å². The fourth-order valence-electron chi connectivity index (χ4n) is 4.90. The Balaban J connectivity index is 1.62. The van der Waals surface area contributed by atoms with E-state index in [9.17, 15) is 18.0 Å². The molecule has 0 saturated carbocycles.